The highest BCUT2D eigenvalue weighted by atomic mass is 32.2. The van der Waals surface area contributed by atoms with Crippen LogP contribution in [0.5, 0.6) is 0 Å². The summed E-state index contributed by atoms with van der Waals surface area (Å²) in [5, 5.41) is 3.41. The fraction of sp³-hybridized carbons (Fsp3) is 0.429. The van der Waals surface area contributed by atoms with Gasteiger partial charge in [-0.1, -0.05) is 18.2 Å². The predicted octanol–water partition coefficient (Wildman–Crippen LogP) is 1.57. The van der Waals surface area contributed by atoms with Crippen molar-refractivity contribution in [3.63, 3.8) is 0 Å². The third-order valence-corrected chi connectivity index (χ3v) is 4.93. The van der Waals surface area contributed by atoms with E-state index in [1.807, 2.05) is 23.9 Å². The second-order valence-corrected chi connectivity index (χ2v) is 6.01. The molecule has 2 aliphatic heterocycles. The second kappa shape index (κ2) is 4.98. The Bertz CT molecular complexity index is 532. The maximum absolute atomic E-state index is 12.1. The third-order valence-electron chi connectivity index (χ3n) is 3.75. The molecule has 5 heteroatoms. The number of rotatable bonds is 2. The van der Waals surface area contributed by atoms with Gasteiger partial charge in [0.25, 0.3) is 0 Å². The molecule has 1 saturated heterocycles. The Morgan fingerprint density at radius 3 is 2.89 bits per heavy atom. The van der Waals surface area contributed by atoms with Crippen LogP contribution in [0, 0.1) is 0 Å². The van der Waals surface area contributed by atoms with Crippen LogP contribution in [0.2, 0.25) is 0 Å². The van der Waals surface area contributed by atoms with Gasteiger partial charge < -0.3 is 0 Å². The summed E-state index contributed by atoms with van der Waals surface area (Å²) in [4.78, 5) is 26.1. The summed E-state index contributed by atoms with van der Waals surface area (Å²) in [6.45, 7) is 0. The van der Waals surface area contributed by atoms with Crippen molar-refractivity contribution in [2.45, 2.75) is 29.8 Å². The first-order chi connectivity index (χ1) is 9.16. The summed E-state index contributed by atoms with van der Waals surface area (Å²) in [6.07, 6.45) is 1.05. The Labute approximate surface area is 116 Å². The summed E-state index contributed by atoms with van der Waals surface area (Å²) in [6, 6.07) is 8.25. The van der Waals surface area contributed by atoms with E-state index >= 15 is 0 Å². The molecule has 0 aromatic heterocycles. The van der Waals surface area contributed by atoms with Gasteiger partial charge >= 0.3 is 0 Å². The van der Waals surface area contributed by atoms with Crippen molar-refractivity contribution in [2.75, 3.05) is 12.8 Å². The highest BCUT2D eigenvalue weighted by Crippen LogP contribution is 2.38. The second-order valence-electron chi connectivity index (χ2n) is 4.95. The molecule has 2 unspecified atom stereocenters. The minimum atomic E-state index is -0.237. The average molecular weight is 276 g/mol. The highest BCUT2D eigenvalue weighted by molar-refractivity contribution is 7.99. The summed E-state index contributed by atoms with van der Waals surface area (Å²) in [7, 11) is 1.57. The van der Waals surface area contributed by atoms with Gasteiger partial charge in [-0.25, -0.2) is 0 Å². The monoisotopic (exact) mass is 276 g/mol. The van der Waals surface area contributed by atoms with E-state index in [9.17, 15) is 9.59 Å². The number of nitrogens with zero attached hydrogens (tertiary/aromatic N) is 1. The number of piperidine rings is 1. The molecule has 1 aromatic carbocycles. The molecule has 0 saturated carbocycles. The lowest BCUT2D eigenvalue weighted by molar-refractivity contribution is -0.148. The van der Waals surface area contributed by atoms with E-state index in [1.54, 1.807) is 7.05 Å². The molecule has 2 atom stereocenters. The van der Waals surface area contributed by atoms with Crippen molar-refractivity contribution >= 4 is 23.6 Å². The van der Waals surface area contributed by atoms with Gasteiger partial charge in [-0.2, -0.15) is 0 Å². The fourth-order valence-electron chi connectivity index (χ4n) is 2.61. The number of carbonyl (C=O) groups is 2. The zero-order valence-corrected chi connectivity index (χ0v) is 11.6. The van der Waals surface area contributed by atoms with Gasteiger partial charge in [-0.3, -0.25) is 19.8 Å². The Hall–Kier alpha value is -1.33. The first-order valence-corrected chi connectivity index (χ1v) is 7.43. The number of fused-ring (bicyclic) bond motifs is 1. The zero-order chi connectivity index (χ0) is 13.4. The Morgan fingerprint density at radius 2 is 2.05 bits per heavy atom. The van der Waals surface area contributed by atoms with Crippen LogP contribution in [0.1, 0.15) is 24.4 Å². The van der Waals surface area contributed by atoms with E-state index < -0.39 is 0 Å². The Morgan fingerprint density at radius 1 is 1.26 bits per heavy atom. The number of likely N-dealkylation sites (tertiary alicyclic amines) is 1. The van der Waals surface area contributed by atoms with Gasteiger partial charge in [0.1, 0.15) is 0 Å². The molecule has 0 bridgehead atoms. The number of amides is 2. The van der Waals surface area contributed by atoms with Crippen LogP contribution in [-0.4, -0.2) is 35.6 Å². The molecule has 0 aliphatic carbocycles. The summed E-state index contributed by atoms with van der Waals surface area (Å²) < 4.78 is 0. The maximum Gasteiger partial charge on any atom is 0.246 e. The molecule has 0 radical (unpaired) electrons. The van der Waals surface area contributed by atoms with E-state index in [0.717, 1.165) is 5.75 Å². The molecule has 1 fully saturated rings. The molecule has 2 heterocycles. The van der Waals surface area contributed by atoms with Crippen LogP contribution in [0.25, 0.3) is 0 Å². The van der Waals surface area contributed by atoms with Gasteiger partial charge in [0.05, 0.1) is 6.04 Å². The average Bonchev–Trinajstić information content (AvgIpc) is 2.83. The lowest BCUT2D eigenvalue weighted by Gasteiger charge is -2.30. The summed E-state index contributed by atoms with van der Waals surface area (Å²) in [5.74, 6) is 0.760. The zero-order valence-electron chi connectivity index (χ0n) is 10.8. The molecule has 1 aromatic rings. The largest absolute Gasteiger partial charge is 0.298 e. The molecule has 19 heavy (non-hydrogen) atoms. The fourth-order valence-corrected chi connectivity index (χ4v) is 3.79. The van der Waals surface area contributed by atoms with Crippen LogP contribution in [0.3, 0.4) is 0 Å². The lowest BCUT2D eigenvalue weighted by Crippen LogP contribution is -2.52. The van der Waals surface area contributed by atoms with E-state index in [2.05, 4.69) is 17.4 Å². The van der Waals surface area contributed by atoms with Gasteiger partial charge in [0, 0.05) is 30.2 Å². The summed E-state index contributed by atoms with van der Waals surface area (Å²) in [5.41, 5.74) is 1.26. The molecule has 2 aliphatic rings. The van der Waals surface area contributed by atoms with E-state index in [-0.39, 0.29) is 23.9 Å². The molecular formula is C14H16N2O2S. The topological polar surface area (TPSA) is 49.4 Å². The Balaban J connectivity index is 1.73. The van der Waals surface area contributed by atoms with Crippen molar-refractivity contribution in [1.29, 1.82) is 0 Å². The van der Waals surface area contributed by atoms with Crippen molar-refractivity contribution in [1.82, 2.24) is 10.2 Å². The minimum Gasteiger partial charge on any atom is -0.298 e. The maximum atomic E-state index is 12.1. The first kappa shape index (κ1) is 12.7. The van der Waals surface area contributed by atoms with E-state index in [0.29, 0.717) is 12.8 Å². The molecule has 1 N–H and O–H groups in total. The van der Waals surface area contributed by atoms with Gasteiger partial charge in [-0.15, -0.1) is 11.8 Å². The number of likely N-dealkylation sites (N-methyl/N-ethyl adjacent to an activating group) is 1. The number of carbonyl (C=O) groups excluding carboxylic acids is 2. The smallest absolute Gasteiger partial charge is 0.246 e. The van der Waals surface area contributed by atoms with E-state index in [4.69, 9.17) is 0 Å². The summed E-state index contributed by atoms with van der Waals surface area (Å²) >= 11 is 1.81. The van der Waals surface area contributed by atoms with Crippen LogP contribution in [-0.2, 0) is 9.59 Å². The molecule has 3 rings (SSSR count). The third kappa shape index (κ3) is 2.28. The van der Waals surface area contributed by atoms with Gasteiger partial charge in [0.2, 0.25) is 11.8 Å². The number of benzene rings is 1. The molecule has 0 spiro atoms. The SMILES string of the molecule is CN1C(=O)CCC(NC2CSc3ccccc32)C1=O. The van der Waals surface area contributed by atoms with Crippen molar-refractivity contribution in [3.8, 4) is 0 Å². The van der Waals surface area contributed by atoms with Crippen LogP contribution in [0.4, 0.5) is 0 Å². The van der Waals surface area contributed by atoms with Crippen LogP contribution < -0.4 is 5.32 Å². The van der Waals surface area contributed by atoms with Gasteiger partial charge in [-0.05, 0) is 18.1 Å². The number of thioether (sulfide) groups is 1. The number of nitrogens with one attached hydrogen (secondary N) is 1. The minimum absolute atomic E-state index is 0.0794. The number of hydrogen-bond acceptors (Lipinski definition) is 4. The molecular weight excluding hydrogens is 260 g/mol. The quantitative estimate of drug-likeness (QED) is 0.833. The molecule has 4 nitrogen and oxygen atoms in total. The van der Waals surface area contributed by atoms with Crippen molar-refractivity contribution in [2.24, 2.45) is 0 Å². The standard InChI is InChI=1S/C14H16N2O2S/c1-16-13(17)7-6-10(14(16)18)15-11-8-19-12-5-3-2-4-9(11)12/h2-5,10-11,15H,6-8H2,1H3. The van der Waals surface area contributed by atoms with Crippen LogP contribution in [0.15, 0.2) is 29.2 Å². The first-order valence-electron chi connectivity index (χ1n) is 6.45. The predicted molar refractivity (Wildman–Crippen MR) is 73.8 cm³/mol. The highest BCUT2D eigenvalue weighted by Gasteiger charge is 2.34. The normalized spacial score (nSPS) is 26.7. The number of hydrogen-bond donors (Lipinski definition) is 1. The van der Waals surface area contributed by atoms with E-state index in [1.165, 1.54) is 15.4 Å². The van der Waals surface area contributed by atoms with Crippen molar-refractivity contribution in [3.05, 3.63) is 29.8 Å². The van der Waals surface area contributed by atoms with Crippen LogP contribution >= 0.6 is 11.8 Å². The Kier molecular flexibility index (Phi) is 3.33. The molecule has 100 valence electrons. The lowest BCUT2D eigenvalue weighted by atomic mass is 10.0. The van der Waals surface area contributed by atoms with Crippen molar-refractivity contribution < 1.29 is 9.59 Å². The molecule has 2 amide bonds. The van der Waals surface area contributed by atoms with Gasteiger partial charge in [0.15, 0.2) is 0 Å². The number of imide groups is 1.